The molecule has 2 aromatic carbocycles. The first-order chi connectivity index (χ1) is 9.50. The fraction of sp³-hybridized carbons (Fsp3) is 0.250. The van der Waals surface area contributed by atoms with Crippen LogP contribution in [0.1, 0.15) is 24.1 Å². The Hall–Kier alpha value is -1.94. The van der Waals surface area contributed by atoms with Gasteiger partial charge in [0.15, 0.2) is 0 Å². The topological polar surface area (TPSA) is 29.3 Å². The second kappa shape index (κ2) is 6.01. The Morgan fingerprint density at radius 3 is 2.35 bits per heavy atom. The highest BCUT2D eigenvalue weighted by molar-refractivity contribution is 5.55. The number of benzene rings is 2. The molecule has 0 amide bonds. The Morgan fingerprint density at radius 2 is 1.70 bits per heavy atom. The van der Waals surface area contributed by atoms with Crippen molar-refractivity contribution in [2.45, 2.75) is 19.5 Å². The second-order valence-electron chi connectivity index (χ2n) is 4.91. The molecule has 0 radical (unpaired) electrons. The van der Waals surface area contributed by atoms with Crippen molar-refractivity contribution in [1.82, 2.24) is 0 Å². The highest BCUT2D eigenvalue weighted by atomic mass is 19.1. The van der Waals surface area contributed by atoms with Gasteiger partial charge in [-0.25, -0.2) is 8.78 Å². The quantitative estimate of drug-likeness (QED) is 0.924. The van der Waals surface area contributed by atoms with Crippen LogP contribution in [0.3, 0.4) is 0 Å². The second-order valence-corrected chi connectivity index (χ2v) is 4.91. The van der Waals surface area contributed by atoms with Crippen LogP contribution in [0.15, 0.2) is 42.5 Å². The lowest BCUT2D eigenvalue weighted by Gasteiger charge is -2.24. The summed E-state index contributed by atoms with van der Waals surface area (Å²) < 4.78 is 27.6. The monoisotopic (exact) mass is 276 g/mol. The minimum atomic E-state index is -0.422. The first-order valence-corrected chi connectivity index (χ1v) is 6.49. The first-order valence-electron chi connectivity index (χ1n) is 6.49. The number of nitrogens with zero attached hydrogens (tertiary/aromatic N) is 1. The standard InChI is InChI=1S/C16H18F2N2/c1-11(19)16-14(18)8-5-9-15(16)20(2)10-12-6-3-4-7-13(12)17/h3-9,11H,10,19H2,1-2H3/t11-/m0/s1. The minimum Gasteiger partial charge on any atom is -0.370 e. The maximum Gasteiger partial charge on any atom is 0.130 e. The molecule has 0 saturated heterocycles. The molecule has 0 unspecified atom stereocenters. The largest absolute Gasteiger partial charge is 0.370 e. The summed E-state index contributed by atoms with van der Waals surface area (Å²) in [6, 6.07) is 11.0. The summed E-state index contributed by atoms with van der Waals surface area (Å²) in [5.41, 5.74) is 7.53. The smallest absolute Gasteiger partial charge is 0.130 e. The molecule has 0 spiro atoms. The zero-order chi connectivity index (χ0) is 14.7. The van der Waals surface area contributed by atoms with Crippen molar-refractivity contribution >= 4 is 5.69 Å². The third-order valence-corrected chi connectivity index (χ3v) is 3.26. The molecule has 20 heavy (non-hydrogen) atoms. The lowest BCUT2D eigenvalue weighted by molar-refractivity contribution is 0.590. The molecular weight excluding hydrogens is 258 g/mol. The zero-order valence-electron chi connectivity index (χ0n) is 11.6. The molecule has 4 heteroatoms. The molecule has 106 valence electrons. The van der Waals surface area contributed by atoms with Crippen LogP contribution in [-0.2, 0) is 6.54 Å². The molecule has 1 atom stereocenters. The van der Waals surface area contributed by atoms with Gasteiger partial charge < -0.3 is 10.6 Å². The van der Waals surface area contributed by atoms with Crippen molar-refractivity contribution < 1.29 is 8.78 Å². The number of hydrogen-bond donors (Lipinski definition) is 1. The molecule has 2 aromatic rings. The van der Waals surface area contributed by atoms with Gasteiger partial charge in [0.05, 0.1) is 0 Å². The Kier molecular flexibility index (Phi) is 4.35. The van der Waals surface area contributed by atoms with Gasteiger partial charge >= 0.3 is 0 Å². The number of hydrogen-bond acceptors (Lipinski definition) is 2. The predicted octanol–water partition coefficient (Wildman–Crippen LogP) is 3.62. The van der Waals surface area contributed by atoms with E-state index in [1.165, 1.54) is 12.1 Å². The Morgan fingerprint density at radius 1 is 1.05 bits per heavy atom. The van der Waals surface area contributed by atoms with Crippen LogP contribution in [0, 0.1) is 11.6 Å². The molecule has 0 aliphatic rings. The fourth-order valence-electron chi connectivity index (χ4n) is 2.28. The number of anilines is 1. The number of halogens is 2. The van der Waals surface area contributed by atoms with Gasteiger partial charge in [0.1, 0.15) is 11.6 Å². The van der Waals surface area contributed by atoms with Crippen molar-refractivity contribution in [2.24, 2.45) is 5.73 Å². The van der Waals surface area contributed by atoms with Crippen molar-refractivity contribution in [3.8, 4) is 0 Å². The first kappa shape index (κ1) is 14.5. The average molecular weight is 276 g/mol. The van der Waals surface area contributed by atoms with Crippen LogP contribution >= 0.6 is 0 Å². The maximum atomic E-state index is 13.9. The Bertz CT molecular complexity index is 597. The highest BCUT2D eigenvalue weighted by Crippen LogP contribution is 2.28. The number of rotatable bonds is 4. The third kappa shape index (κ3) is 2.96. The van der Waals surface area contributed by atoms with Gasteiger partial charge in [0, 0.05) is 36.4 Å². The minimum absolute atomic E-state index is 0.266. The van der Waals surface area contributed by atoms with E-state index in [9.17, 15) is 8.78 Å². The average Bonchev–Trinajstić information content (AvgIpc) is 2.40. The molecule has 0 saturated carbocycles. The lowest BCUT2D eigenvalue weighted by Crippen LogP contribution is -2.21. The van der Waals surface area contributed by atoms with E-state index in [1.807, 2.05) is 0 Å². The molecule has 0 aliphatic carbocycles. The Balaban J connectivity index is 2.33. The summed E-state index contributed by atoms with van der Waals surface area (Å²) in [4.78, 5) is 1.81. The molecule has 0 bridgehead atoms. The van der Waals surface area contributed by atoms with Crippen LogP contribution in [-0.4, -0.2) is 7.05 Å². The van der Waals surface area contributed by atoms with E-state index in [0.29, 0.717) is 23.4 Å². The Labute approximate surface area is 117 Å². The van der Waals surface area contributed by atoms with Crippen molar-refractivity contribution in [1.29, 1.82) is 0 Å². The maximum absolute atomic E-state index is 13.9. The SMILES string of the molecule is C[C@H](N)c1c(F)cccc1N(C)Cc1ccccc1F. The van der Waals surface area contributed by atoms with Gasteiger partial charge in [-0.15, -0.1) is 0 Å². The van der Waals surface area contributed by atoms with Gasteiger partial charge in [0.25, 0.3) is 0 Å². The van der Waals surface area contributed by atoms with Gasteiger partial charge in [-0.1, -0.05) is 24.3 Å². The van der Waals surface area contributed by atoms with E-state index in [4.69, 9.17) is 5.73 Å². The normalized spacial score (nSPS) is 12.2. The van der Waals surface area contributed by atoms with E-state index in [1.54, 1.807) is 49.2 Å². The summed E-state index contributed by atoms with van der Waals surface area (Å²) in [5.74, 6) is -0.601. The van der Waals surface area contributed by atoms with E-state index in [0.717, 1.165) is 0 Å². The summed E-state index contributed by atoms with van der Waals surface area (Å²) in [5, 5.41) is 0. The van der Waals surface area contributed by atoms with Crippen LogP contribution in [0.5, 0.6) is 0 Å². The van der Waals surface area contributed by atoms with Crippen LogP contribution < -0.4 is 10.6 Å². The van der Waals surface area contributed by atoms with Gasteiger partial charge in [-0.3, -0.25) is 0 Å². The molecule has 2 N–H and O–H groups in total. The fourth-order valence-corrected chi connectivity index (χ4v) is 2.28. The summed E-state index contributed by atoms with van der Waals surface area (Å²) in [6.07, 6.45) is 0. The molecule has 0 aliphatic heterocycles. The molecule has 2 nitrogen and oxygen atoms in total. The van der Waals surface area contributed by atoms with Crippen molar-refractivity contribution in [3.05, 3.63) is 65.2 Å². The van der Waals surface area contributed by atoms with Crippen LogP contribution in [0.4, 0.5) is 14.5 Å². The lowest BCUT2D eigenvalue weighted by atomic mass is 10.0. The van der Waals surface area contributed by atoms with Crippen molar-refractivity contribution in [3.63, 3.8) is 0 Å². The van der Waals surface area contributed by atoms with Gasteiger partial charge in [-0.05, 0) is 25.1 Å². The van der Waals surface area contributed by atoms with E-state index in [2.05, 4.69) is 0 Å². The zero-order valence-corrected chi connectivity index (χ0v) is 11.6. The summed E-state index contributed by atoms with van der Waals surface area (Å²) in [6.45, 7) is 2.09. The highest BCUT2D eigenvalue weighted by Gasteiger charge is 2.16. The summed E-state index contributed by atoms with van der Waals surface area (Å²) in [7, 11) is 1.80. The van der Waals surface area contributed by atoms with E-state index < -0.39 is 6.04 Å². The predicted molar refractivity (Wildman–Crippen MR) is 77.5 cm³/mol. The van der Waals surface area contributed by atoms with Gasteiger partial charge in [-0.2, -0.15) is 0 Å². The molecule has 2 rings (SSSR count). The third-order valence-electron chi connectivity index (χ3n) is 3.26. The molecule has 0 fully saturated rings. The molecular formula is C16H18F2N2. The van der Waals surface area contributed by atoms with Crippen molar-refractivity contribution in [2.75, 3.05) is 11.9 Å². The summed E-state index contributed by atoms with van der Waals surface area (Å²) >= 11 is 0. The molecule has 0 aromatic heterocycles. The van der Waals surface area contributed by atoms with E-state index in [-0.39, 0.29) is 11.6 Å². The number of nitrogens with two attached hydrogens (primary N) is 1. The van der Waals surface area contributed by atoms with Gasteiger partial charge in [0.2, 0.25) is 0 Å². The van der Waals surface area contributed by atoms with Crippen LogP contribution in [0.25, 0.3) is 0 Å². The van der Waals surface area contributed by atoms with E-state index >= 15 is 0 Å². The molecule has 0 heterocycles. The van der Waals surface area contributed by atoms with Crippen LogP contribution in [0.2, 0.25) is 0 Å².